The zero-order chi connectivity index (χ0) is 23.5. The van der Waals surface area contributed by atoms with E-state index in [1.807, 2.05) is 12.1 Å². The van der Waals surface area contributed by atoms with Crippen molar-refractivity contribution in [2.75, 3.05) is 4.90 Å². The lowest BCUT2D eigenvalue weighted by Crippen LogP contribution is -2.27. The molecule has 0 bridgehead atoms. The molecule has 6 nitrogen and oxygen atoms in total. The van der Waals surface area contributed by atoms with Gasteiger partial charge in [0.05, 0.1) is 15.5 Å². The van der Waals surface area contributed by atoms with Gasteiger partial charge in [-0.05, 0) is 54.1 Å². The summed E-state index contributed by atoms with van der Waals surface area (Å²) < 4.78 is 20.2. The van der Waals surface area contributed by atoms with Gasteiger partial charge in [-0.25, -0.2) is 4.39 Å². The molecular formula is C23H14BrFN2O4S2. The number of amides is 1. The van der Waals surface area contributed by atoms with Gasteiger partial charge in [0.15, 0.2) is 4.32 Å². The smallest absolute Gasteiger partial charge is 0.270 e. The van der Waals surface area contributed by atoms with Gasteiger partial charge in [0.2, 0.25) is 0 Å². The molecule has 3 aromatic carbocycles. The Morgan fingerprint density at radius 3 is 2.48 bits per heavy atom. The van der Waals surface area contributed by atoms with Crippen molar-refractivity contribution in [3.8, 4) is 5.75 Å². The molecule has 4 rings (SSSR count). The number of benzene rings is 3. The van der Waals surface area contributed by atoms with Crippen LogP contribution >= 0.6 is 39.9 Å². The quantitative estimate of drug-likeness (QED) is 0.153. The molecule has 0 unspecified atom stereocenters. The normalized spacial score (nSPS) is 14.7. The van der Waals surface area contributed by atoms with Crippen LogP contribution in [0.25, 0.3) is 6.08 Å². The number of non-ortho nitro benzene ring substituents is 1. The summed E-state index contributed by atoms with van der Waals surface area (Å²) in [6.45, 7) is 0.229. The number of thioether (sulfide) groups is 1. The number of nitrogens with zero attached hydrogens (tertiary/aromatic N) is 2. The van der Waals surface area contributed by atoms with Crippen LogP contribution in [0.4, 0.5) is 15.8 Å². The Balaban J connectivity index is 1.58. The van der Waals surface area contributed by atoms with Crippen molar-refractivity contribution < 1.29 is 18.8 Å². The second-order valence-corrected chi connectivity index (χ2v) is 9.48. The molecule has 3 aromatic rings. The summed E-state index contributed by atoms with van der Waals surface area (Å²) in [5.41, 5.74) is 1.84. The Labute approximate surface area is 206 Å². The fraction of sp³-hybridized carbons (Fsp3) is 0.0435. The van der Waals surface area contributed by atoms with E-state index in [-0.39, 0.29) is 24.0 Å². The molecule has 166 valence electrons. The highest BCUT2D eigenvalue weighted by Gasteiger charge is 2.33. The number of carbonyl (C=O) groups excluding carboxylic acids is 1. The van der Waals surface area contributed by atoms with Gasteiger partial charge in [0, 0.05) is 22.2 Å². The maximum atomic E-state index is 13.1. The molecule has 0 aromatic heterocycles. The lowest BCUT2D eigenvalue weighted by Gasteiger charge is -2.14. The molecule has 0 aliphatic carbocycles. The van der Waals surface area contributed by atoms with E-state index in [0.717, 1.165) is 21.8 Å². The number of anilines is 1. The number of halogens is 2. The Morgan fingerprint density at radius 1 is 1.12 bits per heavy atom. The average Bonchev–Trinajstić information content (AvgIpc) is 3.07. The van der Waals surface area contributed by atoms with E-state index < -0.39 is 4.92 Å². The third-order valence-electron chi connectivity index (χ3n) is 4.68. The topological polar surface area (TPSA) is 72.7 Å². The molecular weight excluding hydrogens is 531 g/mol. The summed E-state index contributed by atoms with van der Waals surface area (Å²) in [5.74, 6) is -0.107. The van der Waals surface area contributed by atoms with E-state index in [9.17, 15) is 19.3 Å². The van der Waals surface area contributed by atoms with Gasteiger partial charge in [0.25, 0.3) is 11.6 Å². The summed E-state index contributed by atoms with van der Waals surface area (Å²) in [4.78, 5) is 25.2. The maximum Gasteiger partial charge on any atom is 0.270 e. The van der Waals surface area contributed by atoms with Crippen LogP contribution in [0, 0.1) is 15.9 Å². The molecule has 1 aliphatic heterocycles. The first-order valence-corrected chi connectivity index (χ1v) is 11.5. The number of hydrogen-bond donors (Lipinski definition) is 0. The monoisotopic (exact) mass is 544 g/mol. The SMILES string of the molecule is O=C1/C(=C\c2cc(Br)ccc2OCc2ccc(F)cc2)SC(=S)N1c1ccc([N+](=O)[O-])cc1. The van der Waals surface area contributed by atoms with Gasteiger partial charge in [-0.15, -0.1) is 0 Å². The molecule has 1 saturated heterocycles. The summed E-state index contributed by atoms with van der Waals surface area (Å²) in [5, 5.41) is 10.9. The summed E-state index contributed by atoms with van der Waals surface area (Å²) in [7, 11) is 0. The fourth-order valence-electron chi connectivity index (χ4n) is 3.06. The molecule has 1 amide bonds. The minimum Gasteiger partial charge on any atom is -0.488 e. The minimum atomic E-state index is -0.505. The fourth-order valence-corrected chi connectivity index (χ4v) is 4.73. The Hall–Kier alpha value is -3.08. The lowest BCUT2D eigenvalue weighted by molar-refractivity contribution is -0.384. The van der Waals surface area contributed by atoms with E-state index in [4.69, 9.17) is 17.0 Å². The van der Waals surface area contributed by atoms with Crippen LogP contribution < -0.4 is 9.64 Å². The number of rotatable bonds is 6. The van der Waals surface area contributed by atoms with Gasteiger partial charge < -0.3 is 4.74 Å². The van der Waals surface area contributed by atoms with Crippen LogP contribution in [-0.4, -0.2) is 15.2 Å². The van der Waals surface area contributed by atoms with Gasteiger partial charge in [0.1, 0.15) is 18.2 Å². The van der Waals surface area contributed by atoms with E-state index in [2.05, 4.69) is 15.9 Å². The number of carbonyl (C=O) groups is 1. The third-order valence-corrected chi connectivity index (χ3v) is 6.47. The van der Waals surface area contributed by atoms with Crippen molar-refractivity contribution in [2.45, 2.75) is 6.61 Å². The van der Waals surface area contributed by atoms with Gasteiger partial charge >= 0.3 is 0 Å². The van der Waals surface area contributed by atoms with Crippen LogP contribution in [0.3, 0.4) is 0 Å². The van der Waals surface area contributed by atoms with Gasteiger partial charge in [-0.2, -0.15) is 0 Å². The molecule has 0 atom stereocenters. The van der Waals surface area contributed by atoms with Crippen LogP contribution in [0.2, 0.25) is 0 Å². The number of thiocarbonyl (C=S) groups is 1. The largest absolute Gasteiger partial charge is 0.488 e. The summed E-state index contributed by atoms with van der Waals surface area (Å²) in [6, 6.07) is 17.1. The zero-order valence-electron chi connectivity index (χ0n) is 16.7. The first-order chi connectivity index (χ1) is 15.8. The van der Waals surface area contributed by atoms with Gasteiger partial charge in [-0.3, -0.25) is 19.8 Å². The Kier molecular flexibility index (Phi) is 6.87. The van der Waals surface area contributed by atoms with Crippen molar-refractivity contribution in [3.63, 3.8) is 0 Å². The number of nitro benzene ring substituents is 1. The van der Waals surface area contributed by atoms with E-state index >= 15 is 0 Å². The maximum absolute atomic E-state index is 13.1. The molecule has 1 aliphatic rings. The van der Waals surface area contributed by atoms with Crippen molar-refractivity contribution in [2.24, 2.45) is 0 Å². The van der Waals surface area contributed by atoms with Crippen molar-refractivity contribution >= 4 is 67.6 Å². The highest BCUT2D eigenvalue weighted by molar-refractivity contribution is 9.10. The first-order valence-electron chi connectivity index (χ1n) is 9.51. The van der Waals surface area contributed by atoms with E-state index in [1.54, 1.807) is 24.3 Å². The lowest BCUT2D eigenvalue weighted by atomic mass is 10.1. The summed E-state index contributed by atoms with van der Waals surface area (Å²) >= 11 is 9.95. The molecule has 10 heteroatoms. The summed E-state index contributed by atoms with van der Waals surface area (Å²) in [6.07, 6.45) is 1.69. The average molecular weight is 545 g/mol. The molecule has 0 radical (unpaired) electrons. The standard InChI is InChI=1S/C23H14BrFN2O4S2/c24-16-3-10-20(31-13-14-1-4-17(25)5-2-14)15(11-16)12-21-22(28)26(23(32)33-21)18-6-8-19(9-7-18)27(29)30/h1-12H,13H2/b21-12+. The second kappa shape index (κ2) is 9.82. The molecule has 1 fully saturated rings. The zero-order valence-corrected chi connectivity index (χ0v) is 20.0. The highest BCUT2D eigenvalue weighted by atomic mass is 79.9. The van der Waals surface area contributed by atoms with Crippen molar-refractivity contribution in [1.82, 2.24) is 0 Å². The predicted molar refractivity (Wildman–Crippen MR) is 134 cm³/mol. The van der Waals surface area contributed by atoms with Crippen LogP contribution in [0.15, 0.2) is 76.1 Å². The molecule has 33 heavy (non-hydrogen) atoms. The van der Waals surface area contributed by atoms with Crippen LogP contribution in [0.5, 0.6) is 5.75 Å². The van der Waals surface area contributed by atoms with Crippen molar-refractivity contribution in [3.05, 3.63) is 103 Å². The second-order valence-electron chi connectivity index (χ2n) is 6.89. The minimum absolute atomic E-state index is 0.0724. The Bertz CT molecular complexity index is 1280. The number of nitro groups is 1. The Morgan fingerprint density at radius 2 is 1.82 bits per heavy atom. The first kappa shape index (κ1) is 23.1. The van der Waals surface area contributed by atoms with E-state index in [0.29, 0.717) is 26.2 Å². The van der Waals surface area contributed by atoms with Crippen LogP contribution in [0.1, 0.15) is 11.1 Å². The molecule has 0 spiro atoms. The van der Waals surface area contributed by atoms with Gasteiger partial charge in [-0.1, -0.05) is 52.0 Å². The molecule has 0 N–H and O–H groups in total. The van der Waals surface area contributed by atoms with E-state index in [1.165, 1.54) is 41.3 Å². The predicted octanol–water partition coefficient (Wildman–Crippen LogP) is 6.48. The third kappa shape index (κ3) is 5.29. The number of ether oxygens (including phenoxy) is 1. The number of hydrogen-bond acceptors (Lipinski definition) is 6. The van der Waals surface area contributed by atoms with Crippen molar-refractivity contribution in [1.29, 1.82) is 0 Å². The molecule has 0 saturated carbocycles. The molecule has 1 heterocycles. The highest BCUT2D eigenvalue weighted by Crippen LogP contribution is 2.38. The van der Waals surface area contributed by atoms with Crippen LogP contribution in [-0.2, 0) is 11.4 Å².